The molecule has 0 aromatic carbocycles. The number of amides is 2. The minimum absolute atomic E-state index is 0.0716. The Kier molecular flexibility index (Phi) is 4.59. The molecule has 2 aromatic rings. The third kappa shape index (κ3) is 3.28. The lowest BCUT2D eigenvalue weighted by molar-refractivity contribution is -0.117. The summed E-state index contributed by atoms with van der Waals surface area (Å²) in [4.78, 5) is 30.1. The van der Waals surface area contributed by atoms with Crippen LogP contribution in [0.1, 0.15) is 16.2 Å². The van der Waals surface area contributed by atoms with Gasteiger partial charge in [0.25, 0.3) is 5.91 Å². The number of H-pyrrole nitrogens is 1. The number of nitrogens with zero attached hydrogens (tertiary/aromatic N) is 2. The molecule has 0 unspecified atom stereocenters. The number of aromatic nitrogens is 3. The van der Waals surface area contributed by atoms with Crippen molar-refractivity contribution < 1.29 is 14.7 Å². The van der Waals surface area contributed by atoms with E-state index in [1.165, 1.54) is 11.8 Å². The van der Waals surface area contributed by atoms with Gasteiger partial charge in [0.2, 0.25) is 5.91 Å². The van der Waals surface area contributed by atoms with Crippen molar-refractivity contribution in [3.8, 4) is 0 Å². The number of carbonyl (C=O) groups is 2. The first-order valence-electron chi connectivity index (χ1n) is 5.83. The van der Waals surface area contributed by atoms with Crippen LogP contribution in [0.2, 0.25) is 0 Å². The van der Waals surface area contributed by atoms with Crippen LogP contribution in [0.5, 0.6) is 0 Å². The fourth-order valence-corrected chi connectivity index (χ4v) is 2.31. The minimum atomic E-state index is -0.462. The lowest BCUT2D eigenvalue weighted by Gasteiger charge is -2.04. The van der Waals surface area contributed by atoms with Crippen molar-refractivity contribution in [2.45, 2.75) is 11.8 Å². The van der Waals surface area contributed by atoms with Crippen molar-refractivity contribution >= 4 is 23.6 Å². The van der Waals surface area contributed by atoms with Crippen molar-refractivity contribution in [3.05, 3.63) is 35.9 Å². The van der Waals surface area contributed by atoms with Crippen LogP contribution in [0.3, 0.4) is 0 Å². The zero-order valence-corrected chi connectivity index (χ0v) is 11.6. The Morgan fingerprint density at radius 2 is 2.35 bits per heavy atom. The largest absolute Gasteiger partial charge is 0.390 e. The maximum atomic E-state index is 11.7. The highest BCUT2D eigenvalue weighted by Crippen LogP contribution is 2.16. The van der Waals surface area contributed by atoms with Crippen molar-refractivity contribution in [2.75, 3.05) is 5.75 Å². The van der Waals surface area contributed by atoms with Crippen LogP contribution in [-0.2, 0) is 18.4 Å². The zero-order chi connectivity index (χ0) is 14.5. The maximum absolute atomic E-state index is 11.7. The first-order chi connectivity index (χ1) is 9.61. The van der Waals surface area contributed by atoms with Gasteiger partial charge in [0.15, 0.2) is 5.16 Å². The normalized spacial score (nSPS) is 10.5. The van der Waals surface area contributed by atoms with Crippen LogP contribution >= 0.6 is 11.8 Å². The molecule has 0 aliphatic carbocycles. The first kappa shape index (κ1) is 14.4. The van der Waals surface area contributed by atoms with Crippen LogP contribution in [0.4, 0.5) is 0 Å². The van der Waals surface area contributed by atoms with Crippen molar-refractivity contribution in [3.63, 3.8) is 0 Å². The van der Waals surface area contributed by atoms with Crippen molar-refractivity contribution in [1.82, 2.24) is 19.9 Å². The molecule has 2 heterocycles. The second-order valence-electron chi connectivity index (χ2n) is 4.00. The number of imide groups is 1. The highest BCUT2D eigenvalue weighted by molar-refractivity contribution is 7.99. The number of nitrogens with one attached hydrogen (secondary N) is 2. The summed E-state index contributed by atoms with van der Waals surface area (Å²) in [6.45, 7) is -0.110. The Balaban J connectivity index is 1.86. The van der Waals surface area contributed by atoms with Gasteiger partial charge >= 0.3 is 0 Å². The van der Waals surface area contributed by atoms with Gasteiger partial charge in [-0.1, -0.05) is 11.8 Å². The van der Waals surface area contributed by atoms with Crippen LogP contribution in [0.25, 0.3) is 0 Å². The molecule has 0 aliphatic heterocycles. The maximum Gasteiger partial charge on any atom is 0.274 e. The monoisotopic (exact) mass is 294 g/mol. The Hall–Kier alpha value is -2.06. The van der Waals surface area contributed by atoms with E-state index in [9.17, 15) is 9.59 Å². The highest BCUT2D eigenvalue weighted by Gasteiger charge is 2.13. The zero-order valence-electron chi connectivity index (χ0n) is 10.8. The summed E-state index contributed by atoms with van der Waals surface area (Å²) in [5, 5.41) is 11.9. The SMILES string of the molecule is Cn1c(CO)cnc1SCC(=O)NC(=O)c1ccc[nH]1. The van der Waals surface area contributed by atoms with Gasteiger partial charge in [0, 0.05) is 13.2 Å². The van der Waals surface area contributed by atoms with E-state index in [-0.39, 0.29) is 12.4 Å². The van der Waals surface area contributed by atoms with Crippen molar-refractivity contribution in [1.29, 1.82) is 0 Å². The van der Waals surface area contributed by atoms with E-state index in [2.05, 4.69) is 15.3 Å². The summed E-state index contributed by atoms with van der Waals surface area (Å²) >= 11 is 1.20. The molecule has 2 aromatic heterocycles. The van der Waals surface area contributed by atoms with E-state index in [0.717, 1.165) is 0 Å². The fourth-order valence-electron chi connectivity index (χ4n) is 1.54. The average molecular weight is 294 g/mol. The molecule has 0 fully saturated rings. The number of thioether (sulfide) groups is 1. The molecule has 20 heavy (non-hydrogen) atoms. The fraction of sp³-hybridized carbons (Fsp3) is 0.250. The van der Waals surface area contributed by atoms with E-state index in [1.807, 2.05) is 0 Å². The quantitative estimate of drug-likeness (QED) is 0.688. The molecule has 0 spiro atoms. The smallest absolute Gasteiger partial charge is 0.274 e. The van der Waals surface area contributed by atoms with E-state index in [1.54, 1.807) is 36.1 Å². The van der Waals surface area contributed by atoms with Gasteiger partial charge in [0.05, 0.1) is 24.3 Å². The van der Waals surface area contributed by atoms with Gasteiger partial charge in [-0.3, -0.25) is 14.9 Å². The lowest BCUT2D eigenvalue weighted by atomic mass is 10.4. The molecular weight excluding hydrogens is 280 g/mol. The lowest BCUT2D eigenvalue weighted by Crippen LogP contribution is -2.32. The molecule has 3 N–H and O–H groups in total. The molecular formula is C12H14N4O3S. The number of imidazole rings is 1. The molecule has 2 rings (SSSR count). The van der Waals surface area contributed by atoms with Crippen LogP contribution < -0.4 is 5.32 Å². The van der Waals surface area contributed by atoms with Gasteiger partial charge in [-0.15, -0.1) is 0 Å². The minimum Gasteiger partial charge on any atom is -0.390 e. The molecule has 0 radical (unpaired) electrons. The predicted octanol–water partition coefficient (Wildman–Crippen LogP) is 0.289. The molecule has 7 nitrogen and oxygen atoms in total. The van der Waals surface area contributed by atoms with Crippen molar-refractivity contribution in [2.24, 2.45) is 7.05 Å². The molecule has 106 valence electrons. The van der Waals surface area contributed by atoms with Crippen LogP contribution in [0, 0.1) is 0 Å². The number of hydrogen-bond donors (Lipinski definition) is 3. The highest BCUT2D eigenvalue weighted by atomic mass is 32.2. The first-order valence-corrected chi connectivity index (χ1v) is 6.82. The predicted molar refractivity (Wildman–Crippen MR) is 73.1 cm³/mol. The third-order valence-electron chi connectivity index (χ3n) is 2.63. The summed E-state index contributed by atoms with van der Waals surface area (Å²) in [5.74, 6) is -0.790. The number of hydrogen-bond acceptors (Lipinski definition) is 5. The molecule has 2 amide bonds. The second kappa shape index (κ2) is 6.40. The number of aromatic amines is 1. The summed E-state index contributed by atoms with van der Waals surface area (Å²) in [6.07, 6.45) is 3.16. The topological polar surface area (TPSA) is 100 Å². The Bertz CT molecular complexity index is 606. The number of aliphatic hydroxyl groups is 1. The Labute approximate surface area is 119 Å². The van der Waals surface area contributed by atoms with E-state index in [4.69, 9.17) is 5.11 Å². The van der Waals surface area contributed by atoms with E-state index in [0.29, 0.717) is 16.5 Å². The standard InChI is InChI=1S/C12H14N4O3S/c1-16-8(6-17)5-14-12(16)20-7-10(18)15-11(19)9-3-2-4-13-9/h2-5,13,17H,6-7H2,1H3,(H,15,18,19). The molecule has 0 saturated heterocycles. The van der Waals surface area contributed by atoms with Gasteiger partial charge in [0.1, 0.15) is 5.69 Å². The number of aliphatic hydroxyl groups excluding tert-OH is 1. The number of rotatable bonds is 5. The van der Waals surface area contributed by atoms with Crippen LogP contribution in [0.15, 0.2) is 29.7 Å². The third-order valence-corrected chi connectivity index (χ3v) is 3.68. The second-order valence-corrected chi connectivity index (χ2v) is 4.94. The average Bonchev–Trinajstić information content (AvgIpc) is 3.06. The van der Waals surface area contributed by atoms with Crippen LogP contribution in [-0.4, -0.2) is 37.2 Å². The van der Waals surface area contributed by atoms with Gasteiger partial charge < -0.3 is 14.7 Å². The summed E-state index contributed by atoms with van der Waals surface area (Å²) in [7, 11) is 1.75. The van der Waals surface area contributed by atoms with E-state index >= 15 is 0 Å². The molecule has 0 saturated carbocycles. The van der Waals surface area contributed by atoms with Gasteiger partial charge in [-0.25, -0.2) is 4.98 Å². The summed E-state index contributed by atoms with van der Waals surface area (Å²) < 4.78 is 1.70. The summed E-state index contributed by atoms with van der Waals surface area (Å²) in [5.41, 5.74) is 0.998. The van der Waals surface area contributed by atoms with Gasteiger partial charge in [-0.2, -0.15) is 0 Å². The Morgan fingerprint density at radius 3 is 2.95 bits per heavy atom. The van der Waals surface area contributed by atoms with E-state index < -0.39 is 11.8 Å². The molecule has 0 atom stereocenters. The molecule has 0 aliphatic rings. The number of carbonyl (C=O) groups excluding carboxylic acids is 2. The summed E-state index contributed by atoms with van der Waals surface area (Å²) in [6, 6.07) is 3.26. The van der Waals surface area contributed by atoms with Gasteiger partial charge in [-0.05, 0) is 12.1 Å². The molecule has 0 bridgehead atoms. The molecule has 8 heteroatoms. The Morgan fingerprint density at radius 1 is 1.55 bits per heavy atom.